The van der Waals surface area contributed by atoms with Gasteiger partial charge in [0.25, 0.3) is 0 Å². The van der Waals surface area contributed by atoms with Crippen LogP contribution in [0, 0.1) is 6.92 Å². The molecule has 108 valence electrons. The van der Waals surface area contributed by atoms with E-state index in [1.165, 1.54) is 35.9 Å². The normalized spacial score (nSPS) is 9.63. The van der Waals surface area contributed by atoms with E-state index >= 15 is 0 Å². The SMILES string of the molecule is CC.CCCCN(C)C.Cc1ccc2[nH]ccc2c1. The summed E-state index contributed by atoms with van der Waals surface area (Å²) in [5.41, 5.74) is 2.53. The summed E-state index contributed by atoms with van der Waals surface area (Å²) < 4.78 is 0. The topological polar surface area (TPSA) is 19.0 Å². The molecule has 0 atom stereocenters. The molecule has 1 N–H and O–H groups in total. The molecule has 0 unspecified atom stereocenters. The van der Waals surface area contributed by atoms with Crippen LogP contribution < -0.4 is 0 Å². The van der Waals surface area contributed by atoms with Crippen LogP contribution in [0.2, 0.25) is 0 Å². The van der Waals surface area contributed by atoms with Crippen molar-refractivity contribution in [3.63, 3.8) is 0 Å². The number of unbranched alkanes of at least 4 members (excludes halogenated alkanes) is 1. The van der Waals surface area contributed by atoms with Crippen molar-refractivity contribution in [1.29, 1.82) is 0 Å². The number of benzene rings is 1. The van der Waals surface area contributed by atoms with Crippen LogP contribution in [0.5, 0.6) is 0 Å². The minimum Gasteiger partial charge on any atom is -0.361 e. The molecule has 2 aromatic rings. The average molecular weight is 262 g/mol. The molecule has 0 aliphatic heterocycles. The van der Waals surface area contributed by atoms with Gasteiger partial charge >= 0.3 is 0 Å². The van der Waals surface area contributed by atoms with E-state index in [2.05, 4.69) is 62.1 Å². The molecule has 0 saturated heterocycles. The molecular weight excluding hydrogens is 232 g/mol. The van der Waals surface area contributed by atoms with Crippen molar-refractivity contribution >= 4 is 10.9 Å². The van der Waals surface area contributed by atoms with Gasteiger partial charge in [-0.25, -0.2) is 0 Å². The molecule has 0 spiro atoms. The highest BCUT2D eigenvalue weighted by molar-refractivity contribution is 5.79. The first-order chi connectivity index (χ1) is 9.13. The largest absolute Gasteiger partial charge is 0.361 e. The number of aromatic nitrogens is 1. The Morgan fingerprint density at radius 1 is 1.11 bits per heavy atom. The maximum atomic E-state index is 3.15. The Bertz CT molecular complexity index is 430. The van der Waals surface area contributed by atoms with Crippen LogP contribution in [0.25, 0.3) is 10.9 Å². The lowest BCUT2D eigenvalue weighted by Crippen LogP contribution is -2.12. The van der Waals surface area contributed by atoms with Gasteiger partial charge in [0, 0.05) is 11.7 Å². The highest BCUT2D eigenvalue weighted by Crippen LogP contribution is 2.12. The molecule has 0 aliphatic carbocycles. The number of nitrogens with zero attached hydrogens (tertiary/aromatic N) is 1. The van der Waals surface area contributed by atoms with Crippen molar-refractivity contribution < 1.29 is 0 Å². The Morgan fingerprint density at radius 2 is 1.79 bits per heavy atom. The number of nitrogens with one attached hydrogen (secondary N) is 1. The monoisotopic (exact) mass is 262 g/mol. The molecule has 2 nitrogen and oxygen atoms in total. The Morgan fingerprint density at radius 3 is 2.32 bits per heavy atom. The van der Waals surface area contributed by atoms with E-state index in [4.69, 9.17) is 0 Å². The summed E-state index contributed by atoms with van der Waals surface area (Å²) in [4.78, 5) is 5.36. The minimum atomic E-state index is 1.21. The van der Waals surface area contributed by atoms with Gasteiger partial charge in [-0.1, -0.05) is 38.8 Å². The third kappa shape index (κ3) is 7.68. The molecule has 2 rings (SSSR count). The lowest BCUT2D eigenvalue weighted by molar-refractivity contribution is 0.398. The first-order valence-corrected chi connectivity index (χ1v) is 7.32. The standard InChI is InChI=1S/C9H9N.C6H15N.C2H6/c1-7-2-3-9-8(6-7)4-5-10-9;1-4-5-6-7(2)3;1-2/h2-6,10H,1H3;4-6H2,1-3H3;1-2H3. The van der Waals surface area contributed by atoms with Gasteiger partial charge in [-0.05, 0) is 57.6 Å². The highest BCUT2D eigenvalue weighted by atomic mass is 15.0. The van der Waals surface area contributed by atoms with Crippen molar-refractivity contribution in [3.8, 4) is 0 Å². The van der Waals surface area contributed by atoms with Crippen molar-refractivity contribution in [2.24, 2.45) is 0 Å². The highest BCUT2D eigenvalue weighted by Gasteiger charge is 1.91. The van der Waals surface area contributed by atoms with Crippen LogP contribution in [0.4, 0.5) is 0 Å². The Hall–Kier alpha value is -1.28. The summed E-state index contributed by atoms with van der Waals surface area (Å²) >= 11 is 0. The number of rotatable bonds is 3. The van der Waals surface area contributed by atoms with Gasteiger partial charge in [0.05, 0.1) is 0 Å². The van der Waals surface area contributed by atoms with Crippen molar-refractivity contribution in [2.75, 3.05) is 20.6 Å². The molecule has 1 aromatic carbocycles. The number of hydrogen-bond donors (Lipinski definition) is 1. The number of H-pyrrole nitrogens is 1. The summed E-state index contributed by atoms with van der Waals surface area (Å²) in [5, 5.41) is 1.29. The first kappa shape index (κ1) is 17.7. The zero-order valence-corrected chi connectivity index (χ0v) is 13.5. The molecule has 0 radical (unpaired) electrons. The van der Waals surface area contributed by atoms with Crippen molar-refractivity contribution in [2.45, 2.75) is 40.5 Å². The smallest absolute Gasteiger partial charge is 0.0454 e. The summed E-state index contributed by atoms with van der Waals surface area (Å²) in [6.07, 6.45) is 4.59. The van der Waals surface area contributed by atoms with Gasteiger partial charge in [0.2, 0.25) is 0 Å². The molecule has 2 heteroatoms. The molecule has 19 heavy (non-hydrogen) atoms. The van der Waals surface area contributed by atoms with Gasteiger partial charge in [-0.3, -0.25) is 0 Å². The van der Waals surface area contributed by atoms with Crippen LogP contribution in [0.3, 0.4) is 0 Å². The lowest BCUT2D eigenvalue weighted by Gasteiger charge is -2.05. The predicted octanol–water partition coefficient (Wildman–Crippen LogP) is 4.85. The van der Waals surface area contributed by atoms with E-state index in [0.29, 0.717) is 0 Å². The van der Waals surface area contributed by atoms with E-state index in [0.717, 1.165) is 0 Å². The third-order valence-electron chi connectivity index (χ3n) is 2.67. The average Bonchev–Trinajstić information content (AvgIpc) is 2.86. The second-order valence-corrected chi connectivity index (χ2v) is 4.73. The molecule has 0 aliphatic rings. The summed E-state index contributed by atoms with van der Waals surface area (Å²) in [5.74, 6) is 0. The second kappa shape index (κ2) is 10.6. The van der Waals surface area contributed by atoms with E-state index in [-0.39, 0.29) is 0 Å². The molecule has 0 bridgehead atoms. The van der Waals surface area contributed by atoms with Crippen LogP contribution in [0.1, 0.15) is 39.2 Å². The second-order valence-electron chi connectivity index (χ2n) is 4.73. The maximum absolute atomic E-state index is 3.15. The fourth-order valence-corrected chi connectivity index (χ4v) is 1.65. The Kier molecular flexibility index (Phi) is 9.91. The quantitative estimate of drug-likeness (QED) is 0.837. The number of aromatic amines is 1. The first-order valence-electron chi connectivity index (χ1n) is 7.32. The fourth-order valence-electron chi connectivity index (χ4n) is 1.65. The van der Waals surface area contributed by atoms with Gasteiger partial charge in [-0.15, -0.1) is 0 Å². The number of fused-ring (bicyclic) bond motifs is 1. The van der Waals surface area contributed by atoms with E-state index in [1.807, 2.05) is 20.0 Å². The van der Waals surface area contributed by atoms with Crippen LogP contribution in [-0.2, 0) is 0 Å². The van der Waals surface area contributed by atoms with Gasteiger partial charge in [0.1, 0.15) is 0 Å². The van der Waals surface area contributed by atoms with Crippen molar-refractivity contribution in [3.05, 3.63) is 36.0 Å². The van der Waals surface area contributed by atoms with Crippen LogP contribution >= 0.6 is 0 Å². The molecule has 1 aromatic heterocycles. The Labute approximate surface area is 118 Å². The third-order valence-corrected chi connectivity index (χ3v) is 2.67. The predicted molar refractivity (Wildman–Crippen MR) is 87.8 cm³/mol. The number of aryl methyl sites for hydroxylation is 1. The molecular formula is C17H30N2. The van der Waals surface area contributed by atoms with Crippen LogP contribution in [-0.4, -0.2) is 30.5 Å². The van der Waals surface area contributed by atoms with Crippen LogP contribution in [0.15, 0.2) is 30.5 Å². The summed E-state index contributed by atoms with van der Waals surface area (Å²) in [6, 6.07) is 8.47. The van der Waals surface area contributed by atoms with Gasteiger partial charge < -0.3 is 9.88 Å². The maximum Gasteiger partial charge on any atom is 0.0454 e. The zero-order chi connectivity index (χ0) is 14.7. The zero-order valence-electron chi connectivity index (χ0n) is 13.5. The lowest BCUT2D eigenvalue weighted by atomic mass is 10.2. The van der Waals surface area contributed by atoms with Gasteiger partial charge in [0.15, 0.2) is 0 Å². The minimum absolute atomic E-state index is 1.21. The van der Waals surface area contributed by atoms with E-state index < -0.39 is 0 Å². The number of hydrogen-bond acceptors (Lipinski definition) is 1. The summed E-state index contributed by atoms with van der Waals surface area (Å²) in [7, 11) is 4.21. The van der Waals surface area contributed by atoms with E-state index in [1.54, 1.807) is 0 Å². The van der Waals surface area contributed by atoms with E-state index in [9.17, 15) is 0 Å². The molecule has 0 fully saturated rings. The fraction of sp³-hybridized carbons (Fsp3) is 0.529. The molecule has 0 amide bonds. The summed E-state index contributed by atoms with van der Waals surface area (Å²) in [6.45, 7) is 9.55. The Balaban J connectivity index is 0.000000321. The van der Waals surface area contributed by atoms with Gasteiger partial charge in [-0.2, -0.15) is 0 Å². The molecule has 1 heterocycles. The van der Waals surface area contributed by atoms with Crippen molar-refractivity contribution in [1.82, 2.24) is 9.88 Å². The molecule has 0 saturated carbocycles.